The molecule has 2 heterocycles. The third-order valence-corrected chi connectivity index (χ3v) is 4.40. The van der Waals surface area contributed by atoms with Crippen molar-refractivity contribution in [2.45, 2.75) is 44.6 Å². The van der Waals surface area contributed by atoms with Crippen molar-refractivity contribution in [3.63, 3.8) is 0 Å². The van der Waals surface area contributed by atoms with Gasteiger partial charge in [0.05, 0.1) is 0 Å². The molecule has 21 heavy (non-hydrogen) atoms. The molecule has 3 amide bonds. The number of hydrogen-bond acceptors (Lipinski definition) is 3. The summed E-state index contributed by atoms with van der Waals surface area (Å²) in [5.74, 6) is -1.00. The number of primary amides is 1. The van der Waals surface area contributed by atoms with Crippen LogP contribution in [0.2, 0.25) is 0 Å². The van der Waals surface area contributed by atoms with E-state index in [4.69, 9.17) is 10.8 Å². The zero-order chi connectivity index (χ0) is 15.4. The Bertz CT molecular complexity index is 426. The number of amides is 3. The summed E-state index contributed by atoms with van der Waals surface area (Å²) in [5.41, 5.74) is 5.39. The van der Waals surface area contributed by atoms with E-state index in [0.29, 0.717) is 32.5 Å². The summed E-state index contributed by atoms with van der Waals surface area (Å²) in [7, 11) is 0. The van der Waals surface area contributed by atoms with Crippen molar-refractivity contribution in [3.05, 3.63) is 0 Å². The van der Waals surface area contributed by atoms with Gasteiger partial charge in [-0.05, 0) is 38.0 Å². The largest absolute Gasteiger partial charge is 0.481 e. The van der Waals surface area contributed by atoms with E-state index in [1.54, 1.807) is 9.80 Å². The molecule has 0 saturated carbocycles. The minimum atomic E-state index is -0.801. The van der Waals surface area contributed by atoms with Crippen LogP contribution < -0.4 is 5.73 Å². The summed E-state index contributed by atoms with van der Waals surface area (Å²) in [6.07, 6.45) is 4.01. The van der Waals surface area contributed by atoms with Gasteiger partial charge in [-0.25, -0.2) is 4.79 Å². The van der Waals surface area contributed by atoms with Gasteiger partial charge in [0.25, 0.3) is 0 Å². The van der Waals surface area contributed by atoms with E-state index in [0.717, 1.165) is 19.3 Å². The Morgan fingerprint density at radius 1 is 1.14 bits per heavy atom. The van der Waals surface area contributed by atoms with E-state index < -0.39 is 17.9 Å². The molecular formula is C14H23N3O4. The van der Waals surface area contributed by atoms with Crippen LogP contribution >= 0.6 is 0 Å². The minimum absolute atomic E-state index is 0.128. The van der Waals surface area contributed by atoms with Crippen LogP contribution in [0.25, 0.3) is 0 Å². The lowest BCUT2D eigenvalue weighted by Gasteiger charge is -2.36. The van der Waals surface area contributed by atoms with Gasteiger partial charge in [-0.15, -0.1) is 0 Å². The average Bonchev–Trinajstić information content (AvgIpc) is 2.93. The molecule has 2 saturated heterocycles. The summed E-state index contributed by atoms with van der Waals surface area (Å²) in [4.78, 5) is 37.9. The topological polar surface area (TPSA) is 104 Å². The van der Waals surface area contributed by atoms with Crippen LogP contribution in [0.1, 0.15) is 38.5 Å². The Morgan fingerprint density at radius 2 is 1.90 bits per heavy atom. The lowest BCUT2D eigenvalue weighted by Crippen LogP contribution is -2.54. The number of nitrogens with zero attached hydrogens (tertiary/aromatic N) is 2. The van der Waals surface area contributed by atoms with Crippen molar-refractivity contribution in [2.75, 3.05) is 19.6 Å². The zero-order valence-corrected chi connectivity index (χ0v) is 12.2. The molecule has 2 fully saturated rings. The first kappa shape index (κ1) is 15.6. The fraction of sp³-hybridized carbons (Fsp3) is 0.786. The van der Waals surface area contributed by atoms with Gasteiger partial charge in [-0.2, -0.15) is 0 Å². The maximum Gasteiger partial charge on any atom is 0.320 e. The molecule has 0 bridgehead atoms. The summed E-state index contributed by atoms with van der Waals surface area (Å²) >= 11 is 0. The van der Waals surface area contributed by atoms with E-state index in [1.807, 2.05) is 0 Å². The Balaban J connectivity index is 1.90. The second-order valence-corrected chi connectivity index (χ2v) is 5.92. The summed E-state index contributed by atoms with van der Waals surface area (Å²) in [6.45, 7) is 1.78. The molecule has 7 nitrogen and oxygen atoms in total. The molecule has 2 aliphatic heterocycles. The highest BCUT2D eigenvalue weighted by molar-refractivity contribution is 5.86. The molecule has 0 aromatic rings. The molecule has 2 rings (SSSR count). The Labute approximate surface area is 124 Å². The van der Waals surface area contributed by atoms with Gasteiger partial charge in [0.1, 0.15) is 6.04 Å². The number of rotatable bonds is 4. The predicted octanol–water partition coefficient (Wildman–Crippen LogP) is 0.633. The van der Waals surface area contributed by atoms with E-state index in [1.165, 1.54) is 0 Å². The van der Waals surface area contributed by atoms with Crippen LogP contribution in [0.3, 0.4) is 0 Å². The third-order valence-electron chi connectivity index (χ3n) is 4.40. The summed E-state index contributed by atoms with van der Waals surface area (Å²) < 4.78 is 0. The first-order valence-electron chi connectivity index (χ1n) is 7.55. The van der Waals surface area contributed by atoms with Crippen LogP contribution in [0.4, 0.5) is 4.79 Å². The number of likely N-dealkylation sites (tertiary alicyclic amines) is 2. The van der Waals surface area contributed by atoms with Gasteiger partial charge in [-0.3, -0.25) is 9.59 Å². The molecule has 2 aliphatic rings. The molecule has 0 aromatic carbocycles. The van der Waals surface area contributed by atoms with Crippen molar-refractivity contribution in [1.82, 2.24) is 9.80 Å². The highest BCUT2D eigenvalue weighted by Crippen LogP contribution is 2.25. The number of hydrogen-bond donors (Lipinski definition) is 2. The molecule has 0 radical (unpaired) electrons. The first-order chi connectivity index (χ1) is 9.99. The van der Waals surface area contributed by atoms with Crippen LogP contribution in [0.5, 0.6) is 0 Å². The molecule has 2 unspecified atom stereocenters. The van der Waals surface area contributed by atoms with Gasteiger partial charge < -0.3 is 20.6 Å². The molecule has 3 N–H and O–H groups in total. The van der Waals surface area contributed by atoms with E-state index >= 15 is 0 Å². The van der Waals surface area contributed by atoms with E-state index in [-0.39, 0.29) is 18.4 Å². The average molecular weight is 297 g/mol. The fourth-order valence-corrected chi connectivity index (χ4v) is 3.21. The second-order valence-electron chi connectivity index (χ2n) is 5.92. The Morgan fingerprint density at radius 3 is 2.57 bits per heavy atom. The maximum atomic E-state index is 12.5. The molecule has 0 spiro atoms. The molecule has 7 heteroatoms. The zero-order valence-electron chi connectivity index (χ0n) is 12.2. The molecule has 0 aliphatic carbocycles. The van der Waals surface area contributed by atoms with Crippen LogP contribution in [0, 0.1) is 5.92 Å². The number of aliphatic carboxylic acids is 1. The summed E-state index contributed by atoms with van der Waals surface area (Å²) in [5, 5.41) is 8.71. The second kappa shape index (κ2) is 6.78. The number of piperidine rings is 1. The SMILES string of the molecule is NC(=O)C1CCCCN1C(=O)N1CCC(CCC(=O)O)C1. The fourth-order valence-electron chi connectivity index (χ4n) is 3.21. The van der Waals surface area contributed by atoms with Gasteiger partial charge in [0, 0.05) is 26.1 Å². The van der Waals surface area contributed by atoms with Crippen molar-refractivity contribution < 1.29 is 19.5 Å². The number of carbonyl (C=O) groups is 3. The highest BCUT2D eigenvalue weighted by atomic mass is 16.4. The van der Waals surface area contributed by atoms with Crippen molar-refractivity contribution in [2.24, 2.45) is 11.7 Å². The smallest absolute Gasteiger partial charge is 0.320 e. The lowest BCUT2D eigenvalue weighted by molar-refractivity contribution is -0.137. The molecular weight excluding hydrogens is 274 g/mol. The van der Waals surface area contributed by atoms with Gasteiger partial charge in [-0.1, -0.05) is 0 Å². The van der Waals surface area contributed by atoms with Crippen LogP contribution in [0.15, 0.2) is 0 Å². The number of carboxylic acid groups (broad SMARTS) is 1. The van der Waals surface area contributed by atoms with Gasteiger partial charge in [0.2, 0.25) is 5.91 Å². The van der Waals surface area contributed by atoms with Crippen molar-refractivity contribution in [3.8, 4) is 0 Å². The molecule has 118 valence electrons. The lowest BCUT2D eigenvalue weighted by atomic mass is 10.0. The quantitative estimate of drug-likeness (QED) is 0.794. The number of urea groups is 1. The number of carbonyl (C=O) groups excluding carboxylic acids is 2. The first-order valence-corrected chi connectivity index (χ1v) is 7.55. The van der Waals surface area contributed by atoms with Crippen LogP contribution in [-0.2, 0) is 9.59 Å². The molecule has 2 atom stereocenters. The number of carboxylic acids is 1. The standard InChI is InChI=1S/C14H23N3O4/c15-13(20)11-3-1-2-7-17(11)14(21)16-8-6-10(9-16)4-5-12(18)19/h10-11H,1-9H2,(H2,15,20)(H,18,19). The monoisotopic (exact) mass is 297 g/mol. The minimum Gasteiger partial charge on any atom is -0.481 e. The maximum absolute atomic E-state index is 12.5. The van der Waals surface area contributed by atoms with Gasteiger partial charge in [0.15, 0.2) is 0 Å². The number of nitrogens with two attached hydrogens (primary N) is 1. The highest BCUT2D eigenvalue weighted by Gasteiger charge is 2.35. The Kier molecular flexibility index (Phi) is 5.03. The Hall–Kier alpha value is -1.79. The van der Waals surface area contributed by atoms with Gasteiger partial charge >= 0.3 is 12.0 Å². The normalized spacial score (nSPS) is 25.9. The molecule has 0 aromatic heterocycles. The van der Waals surface area contributed by atoms with Crippen molar-refractivity contribution in [1.29, 1.82) is 0 Å². The predicted molar refractivity (Wildman–Crippen MR) is 75.5 cm³/mol. The summed E-state index contributed by atoms with van der Waals surface area (Å²) in [6, 6.07) is -0.624. The van der Waals surface area contributed by atoms with E-state index in [9.17, 15) is 14.4 Å². The third kappa shape index (κ3) is 3.86. The van der Waals surface area contributed by atoms with E-state index in [2.05, 4.69) is 0 Å². The van der Waals surface area contributed by atoms with Crippen LogP contribution in [-0.4, -0.2) is 58.5 Å². The van der Waals surface area contributed by atoms with Crippen molar-refractivity contribution >= 4 is 17.9 Å².